The van der Waals surface area contributed by atoms with Crippen LogP contribution in [0.3, 0.4) is 0 Å². The van der Waals surface area contributed by atoms with Gasteiger partial charge in [0, 0.05) is 35.5 Å². The molecule has 2 atom stereocenters. The summed E-state index contributed by atoms with van der Waals surface area (Å²) in [6.07, 6.45) is 9.79. The van der Waals surface area contributed by atoms with Crippen LogP contribution < -0.4 is 15.4 Å². The van der Waals surface area contributed by atoms with Crippen molar-refractivity contribution < 1.29 is 4.55 Å². The first-order valence-corrected chi connectivity index (χ1v) is 14.4. The monoisotopic (exact) mass is 542 g/mol. The van der Waals surface area contributed by atoms with Crippen LogP contribution in [-0.4, -0.2) is 43.4 Å². The van der Waals surface area contributed by atoms with Gasteiger partial charge in [-0.1, -0.05) is 48.3 Å². The Morgan fingerprint density at radius 1 is 1.29 bits per heavy atom. The number of nitrogens with two attached hydrogens (primary N) is 1. The number of nitrogens with one attached hydrogen (secondary N) is 1. The summed E-state index contributed by atoms with van der Waals surface area (Å²) in [4.78, 5) is 16.2. The highest BCUT2D eigenvalue weighted by Crippen LogP contribution is 2.47. The highest BCUT2D eigenvalue weighted by Gasteiger charge is 2.48. The van der Waals surface area contributed by atoms with E-state index in [2.05, 4.69) is 45.3 Å². The van der Waals surface area contributed by atoms with E-state index in [0.717, 1.165) is 49.5 Å². The molecule has 1 spiro atoms. The molecule has 1 aliphatic carbocycles. The minimum atomic E-state index is -1.05. The van der Waals surface area contributed by atoms with E-state index in [1.165, 1.54) is 24.6 Å². The third-order valence-electron chi connectivity index (χ3n) is 7.36. The second kappa shape index (κ2) is 10.6. The molecule has 34 heavy (non-hydrogen) atoms. The van der Waals surface area contributed by atoms with Crippen molar-refractivity contribution in [1.82, 2.24) is 19.7 Å². The van der Waals surface area contributed by atoms with E-state index >= 15 is 0 Å². The largest absolute Gasteiger partial charge is 0.598 e. The van der Waals surface area contributed by atoms with Crippen molar-refractivity contribution in [1.29, 1.82) is 0 Å². The number of pyridine rings is 1. The molecule has 2 fully saturated rings. The molecule has 0 aromatic carbocycles. The van der Waals surface area contributed by atoms with Crippen LogP contribution in [0.5, 0.6) is 0 Å². The molecular formula is C23H32Cl2N6OS2. The van der Waals surface area contributed by atoms with Gasteiger partial charge in [-0.25, -0.2) is 15.0 Å². The van der Waals surface area contributed by atoms with E-state index in [4.69, 9.17) is 28.9 Å². The Morgan fingerprint density at radius 2 is 2.03 bits per heavy atom. The van der Waals surface area contributed by atoms with Gasteiger partial charge in [0.05, 0.1) is 17.3 Å². The zero-order valence-electron chi connectivity index (χ0n) is 19.8. The fourth-order valence-electron chi connectivity index (χ4n) is 4.72. The maximum absolute atomic E-state index is 12.9. The SMILES string of the molecule is CCC(C)(C)[S@@+]([O-])N[C@@H]1CCCC12CCN(c1cnc(Sc3ccnc(Cl)c3Cl)c(N)n1)CC2. The molecule has 2 aliphatic rings. The summed E-state index contributed by atoms with van der Waals surface area (Å²) in [7, 11) is 0. The highest BCUT2D eigenvalue weighted by molar-refractivity contribution is 7.99. The van der Waals surface area contributed by atoms with Crippen LogP contribution in [0.1, 0.15) is 59.3 Å². The van der Waals surface area contributed by atoms with Gasteiger partial charge < -0.3 is 15.2 Å². The summed E-state index contributed by atoms with van der Waals surface area (Å²) in [6, 6.07) is 2.08. The number of anilines is 2. The molecule has 2 aromatic heterocycles. The molecule has 0 radical (unpaired) electrons. The number of halogens is 2. The standard InChI is InChI=1S/C23H32Cl2N6OS2/c1-4-22(2,3)34(32)30-16-6-5-8-23(16)9-12-31(13-10-23)17-14-28-21(20(26)29-17)33-15-7-11-27-19(25)18(15)24/h7,11,14,16,30H,4-6,8-10,12-13H2,1-3H3,(H2,26,29)/t16-,34-/m1/s1. The molecule has 0 bridgehead atoms. The third kappa shape index (κ3) is 5.39. The Labute approximate surface area is 219 Å². The fraction of sp³-hybridized carbons (Fsp3) is 0.609. The minimum Gasteiger partial charge on any atom is -0.598 e. The average Bonchev–Trinajstić information content (AvgIpc) is 3.19. The van der Waals surface area contributed by atoms with Crippen LogP contribution in [0.4, 0.5) is 11.6 Å². The van der Waals surface area contributed by atoms with Crippen molar-refractivity contribution in [2.45, 2.75) is 80.0 Å². The zero-order valence-corrected chi connectivity index (χ0v) is 23.0. The predicted molar refractivity (Wildman–Crippen MR) is 142 cm³/mol. The maximum atomic E-state index is 12.9. The first kappa shape index (κ1) is 26.1. The summed E-state index contributed by atoms with van der Waals surface area (Å²) in [5, 5.41) is 1.21. The van der Waals surface area contributed by atoms with Gasteiger partial charge in [0.2, 0.25) is 0 Å². The van der Waals surface area contributed by atoms with Crippen LogP contribution in [0.25, 0.3) is 0 Å². The molecule has 4 rings (SSSR count). The summed E-state index contributed by atoms with van der Waals surface area (Å²) < 4.78 is 16.2. The van der Waals surface area contributed by atoms with E-state index in [0.29, 0.717) is 21.9 Å². The molecule has 0 amide bonds. The molecule has 186 valence electrons. The van der Waals surface area contributed by atoms with E-state index < -0.39 is 11.4 Å². The van der Waals surface area contributed by atoms with Crippen LogP contribution in [0.2, 0.25) is 10.2 Å². The molecule has 7 nitrogen and oxygen atoms in total. The summed E-state index contributed by atoms with van der Waals surface area (Å²) in [5.74, 6) is 1.15. The van der Waals surface area contributed by atoms with Crippen LogP contribution >= 0.6 is 35.0 Å². The second-order valence-corrected chi connectivity index (χ2v) is 13.4. The number of hydrogen-bond donors (Lipinski definition) is 2. The smallest absolute Gasteiger partial charge is 0.158 e. The molecule has 1 aliphatic heterocycles. The average molecular weight is 544 g/mol. The quantitative estimate of drug-likeness (QED) is 0.349. The van der Waals surface area contributed by atoms with E-state index in [-0.39, 0.29) is 15.3 Å². The topological polar surface area (TPSA) is 103 Å². The first-order valence-electron chi connectivity index (χ1n) is 11.7. The Kier molecular flexibility index (Phi) is 8.11. The fourth-order valence-corrected chi connectivity index (χ4v) is 7.15. The lowest BCUT2D eigenvalue weighted by Crippen LogP contribution is -2.53. The Hall–Kier alpha value is -0.970. The van der Waals surface area contributed by atoms with Gasteiger partial charge in [-0.2, -0.15) is 0 Å². The number of nitrogen functional groups attached to an aromatic ring is 1. The van der Waals surface area contributed by atoms with Crippen molar-refractivity contribution in [3.8, 4) is 0 Å². The van der Waals surface area contributed by atoms with Crippen molar-refractivity contribution in [2.24, 2.45) is 5.41 Å². The maximum Gasteiger partial charge on any atom is 0.158 e. The number of nitrogens with zero attached hydrogens (tertiary/aromatic N) is 4. The number of hydrogen-bond acceptors (Lipinski definition) is 8. The van der Waals surface area contributed by atoms with Gasteiger partial charge in [0.15, 0.2) is 5.82 Å². The zero-order chi connectivity index (χ0) is 24.5. The predicted octanol–water partition coefficient (Wildman–Crippen LogP) is 5.49. The van der Waals surface area contributed by atoms with Gasteiger partial charge in [-0.05, 0) is 57.4 Å². The lowest BCUT2D eigenvalue weighted by atomic mass is 9.74. The third-order valence-corrected chi connectivity index (χ3v) is 11.1. The Bertz CT molecular complexity index is 1020. The highest BCUT2D eigenvalue weighted by atomic mass is 35.5. The molecule has 1 saturated heterocycles. The molecule has 3 N–H and O–H groups in total. The number of rotatable bonds is 7. The van der Waals surface area contributed by atoms with Crippen molar-refractivity contribution in [3.05, 3.63) is 28.6 Å². The molecule has 2 aromatic rings. The van der Waals surface area contributed by atoms with Crippen LogP contribution in [0, 0.1) is 5.41 Å². The van der Waals surface area contributed by atoms with Gasteiger partial charge in [0.25, 0.3) is 0 Å². The summed E-state index contributed by atoms with van der Waals surface area (Å²) in [6.45, 7) is 8.01. The Balaban J connectivity index is 1.41. The first-order chi connectivity index (χ1) is 16.1. The Morgan fingerprint density at radius 3 is 2.71 bits per heavy atom. The van der Waals surface area contributed by atoms with Crippen LogP contribution in [0.15, 0.2) is 28.4 Å². The van der Waals surface area contributed by atoms with E-state index in [1.807, 2.05) is 0 Å². The van der Waals surface area contributed by atoms with Crippen molar-refractivity contribution >= 4 is 58.0 Å². The normalized spacial score (nSPS) is 21.2. The second-order valence-electron chi connectivity index (χ2n) is 9.73. The van der Waals surface area contributed by atoms with Gasteiger partial charge >= 0.3 is 0 Å². The number of piperidine rings is 1. The van der Waals surface area contributed by atoms with Gasteiger partial charge in [0.1, 0.15) is 20.7 Å². The van der Waals surface area contributed by atoms with E-state index in [1.54, 1.807) is 18.5 Å². The van der Waals surface area contributed by atoms with Gasteiger partial charge in [-0.3, -0.25) is 0 Å². The molecular weight excluding hydrogens is 511 g/mol. The van der Waals surface area contributed by atoms with Crippen LogP contribution in [-0.2, 0) is 11.4 Å². The number of aromatic nitrogens is 3. The summed E-state index contributed by atoms with van der Waals surface area (Å²) >= 11 is 12.5. The van der Waals surface area contributed by atoms with Crippen molar-refractivity contribution in [2.75, 3.05) is 23.7 Å². The lowest BCUT2D eigenvalue weighted by molar-refractivity contribution is 0.186. The lowest BCUT2D eigenvalue weighted by Gasteiger charge is -2.44. The molecule has 1 saturated carbocycles. The molecule has 0 unspecified atom stereocenters. The molecule has 3 heterocycles. The summed E-state index contributed by atoms with van der Waals surface area (Å²) in [5.41, 5.74) is 6.45. The van der Waals surface area contributed by atoms with Gasteiger partial charge in [-0.15, -0.1) is 4.72 Å². The minimum absolute atomic E-state index is 0.197. The van der Waals surface area contributed by atoms with Crippen molar-refractivity contribution in [3.63, 3.8) is 0 Å². The van der Waals surface area contributed by atoms with E-state index in [9.17, 15) is 4.55 Å². The molecule has 11 heteroatoms.